The first-order valence-corrected chi connectivity index (χ1v) is 12.2. The van der Waals surface area contributed by atoms with Crippen LogP contribution in [0, 0.1) is 3.57 Å². The van der Waals surface area contributed by atoms with E-state index in [1.54, 1.807) is 55.8 Å². The second-order valence-corrected chi connectivity index (χ2v) is 9.17. The first kappa shape index (κ1) is 23.4. The number of hydrogen-bond donors (Lipinski definition) is 0. The molecule has 0 fully saturated rings. The molecular weight excluding hydrogens is 581 g/mol. The highest BCUT2D eigenvalue weighted by Crippen LogP contribution is 2.34. The van der Waals surface area contributed by atoms with Crippen LogP contribution in [-0.4, -0.2) is 29.6 Å². The van der Waals surface area contributed by atoms with Gasteiger partial charge in [0.1, 0.15) is 5.58 Å². The lowest BCUT2D eigenvalue weighted by Gasteiger charge is -2.12. The number of para-hydroxylation sites is 1. The van der Waals surface area contributed by atoms with Crippen LogP contribution in [-0.2, 0) is 0 Å². The molecule has 0 spiro atoms. The molecule has 0 atom stereocenters. The van der Waals surface area contributed by atoms with Gasteiger partial charge < -0.3 is 13.9 Å². The van der Waals surface area contributed by atoms with Crippen molar-refractivity contribution in [3.05, 3.63) is 85.2 Å². The summed E-state index contributed by atoms with van der Waals surface area (Å²) in [4.78, 5) is 18.2. The average Bonchev–Trinajstić information content (AvgIpc) is 3.26. The predicted octanol–water partition coefficient (Wildman–Crippen LogP) is 6.36. The molecule has 2 heterocycles. The summed E-state index contributed by atoms with van der Waals surface area (Å²) in [6, 6.07) is 18.0. The van der Waals surface area contributed by atoms with Crippen LogP contribution in [0.15, 0.2) is 75.0 Å². The van der Waals surface area contributed by atoms with Gasteiger partial charge in [-0.05, 0) is 83.6 Å². The fraction of sp³-hybridized carbons (Fsp3) is 0.115. The summed E-state index contributed by atoms with van der Waals surface area (Å²) in [7, 11) is 1.60. The highest BCUT2D eigenvalue weighted by molar-refractivity contribution is 14.1. The van der Waals surface area contributed by atoms with E-state index in [0.29, 0.717) is 45.4 Å². The number of furan rings is 1. The first-order chi connectivity index (χ1) is 17.0. The monoisotopic (exact) mass is 599 g/mol. The fourth-order valence-electron chi connectivity index (χ4n) is 3.76. The summed E-state index contributed by atoms with van der Waals surface area (Å²) in [6.45, 7) is 2.39. The van der Waals surface area contributed by atoms with Crippen molar-refractivity contribution >= 4 is 62.3 Å². The molecule has 9 heteroatoms. The maximum absolute atomic E-state index is 13.5. The maximum atomic E-state index is 13.5. The molecule has 0 unspecified atom stereocenters. The standard InChI is InChI=1S/C26H19ClIN3O4/c1-3-34-22-11-15(10-19(28)24(22)33-2)14-29-31-25(30-20-7-5-4-6-18(20)26(31)32)23-13-16-12-17(27)8-9-21(16)35-23/h4-14H,3H2,1-2H3. The molecule has 0 amide bonds. The van der Waals surface area contributed by atoms with Gasteiger partial charge in [0.05, 0.1) is 34.4 Å². The van der Waals surface area contributed by atoms with E-state index in [1.165, 1.54) is 4.68 Å². The van der Waals surface area contributed by atoms with E-state index in [9.17, 15) is 4.79 Å². The summed E-state index contributed by atoms with van der Waals surface area (Å²) >= 11 is 8.32. The van der Waals surface area contributed by atoms with Crippen LogP contribution >= 0.6 is 34.2 Å². The molecule has 35 heavy (non-hydrogen) atoms. The van der Waals surface area contributed by atoms with Gasteiger partial charge in [-0.25, -0.2) is 4.98 Å². The molecule has 7 nitrogen and oxygen atoms in total. The van der Waals surface area contributed by atoms with Crippen LogP contribution in [0.1, 0.15) is 12.5 Å². The number of rotatable bonds is 6. The van der Waals surface area contributed by atoms with Gasteiger partial charge >= 0.3 is 0 Å². The van der Waals surface area contributed by atoms with E-state index in [2.05, 4.69) is 27.7 Å². The molecule has 5 rings (SSSR count). The van der Waals surface area contributed by atoms with Crippen molar-refractivity contribution in [2.24, 2.45) is 5.10 Å². The SMILES string of the molecule is CCOc1cc(C=Nn2c(-c3cc4cc(Cl)ccc4o3)nc3ccccc3c2=O)cc(I)c1OC. The number of methoxy groups -OCH3 is 1. The van der Waals surface area contributed by atoms with Crippen molar-refractivity contribution in [2.45, 2.75) is 6.92 Å². The zero-order valence-electron chi connectivity index (χ0n) is 18.8. The molecule has 176 valence electrons. The molecule has 0 aliphatic heterocycles. The molecule has 0 bridgehead atoms. The second kappa shape index (κ2) is 9.71. The Morgan fingerprint density at radius 1 is 1.17 bits per heavy atom. The van der Waals surface area contributed by atoms with Crippen LogP contribution in [0.3, 0.4) is 0 Å². The summed E-state index contributed by atoms with van der Waals surface area (Å²) in [6.07, 6.45) is 1.59. The van der Waals surface area contributed by atoms with Crippen LogP contribution in [0.4, 0.5) is 0 Å². The Morgan fingerprint density at radius 2 is 2.00 bits per heavy atom. The van der Waals surface area contributed by atoms with Crippen LogP contribution < -0.4 is 15.0 Å². The highest BCUT2D eigenvalue weighted by Gasteiger charge is 2.17. The van der Waals surface area contributed by atoms with Crippen LogP contribution in [0.25, 0.3) is 33.5 Å². The van der Waals surface area contributed by atoms with Gasteiger partial charge in [-0.15, -0.1) is 0 Å². The minimum atomic E-state index is -0.312. The van der Waals surface area contributed by atoms with E-state index < -0.39 is 0 Å². The molecule has 0 N–H and O–H groups in total. The molecule has 0 aliphatic rings. The van der Waals surface area contributed by atoms with Gasteiger partial charge in [0.15, 0.2) is 17.3 Å². The third-order valence-corrected chi connectivity index (χ3v) is 6.35. The zero-order chi connectivity index (χ0) is 24.5. The van der Waals surface area contributed by atoms with Crippen molar-refractivity contribution in [3.63, 3.8) is 0 Å². The molecule has 3 aromatic carbocycles. The smallest absolute Gasteiger partial charge is 0.282 e. The van der Waals surface area contributed by atoms with Gasteiger partial charge in [-0.2, -0.15) is 9.78 Å². The molecular formula is C26H19ClIN3O4. The lowest BCUT2D eigenvalue weighted by atomic mass is 10.2. The van der Waals surface area contributed by atoms with Gasteiger partial charge in [-0.1, -0.05) is 23.7 Å². The third kappa shape index (κ3) is 4.51. The van der Waals surface area contributed by atoms with E-state index in [-0.39, 0.29) is 11.4 Å². The van der Waals surface area contributed by atoms with Crippen LogP contribution in [0.2, 0.25) is 5.02 Å². The normalized spacial score (nSPS) is 11.5. The second-order valence-electron chi connectivity index (χ2n) is 7.57. The highest BCUT2D eigenvalue weighted by atomic mass is 127. The van der Waals surface area contributed by atoms with E-state index in [4.69, 9.17) is 30.5 Å². The number of hydrogen-bond acceptors (Lipinski definition) is 6. The summed E-state index contributed by atoms with van der Waals surface area (Å²) in [5.41, 5.74) is 1.61. The number of halogens is 2. The van der Waals surface area contributed by atoms with E-state index in [0.717, 1.165) is 14.5 Å². The molecule has 0 saturated carbocycles. The topological polar surface area (TPSA) is 78.9 Å². The first-order valence-electron chi connectivity index (χ1n) is 10.7. The number of aromatic nitrogens is 2. The Bertz CT molecular complexity index is 1660. The Hall–Kier alpha value is -3.37. The average molecular weight is 600 g/mol. The lowest BCUT2D eigenvalue weighted by molar-refractivity contribution is 0.309. The maximum Gasteiger partial charge on any atom is 0.282 e. The molecule has 0 radical (unpaired) electrons. The largest absolute Gasteiger partial charge is 0.492 e. The van der Waals surface area contributed by atoms with E-state index >= 15 is 0 Å². The van der Waals surface area contributed by atoms with Gasteiger partial charge in [0.25, 0.3) is 5.56 Å². The Labute approximate surface area is 219 Å². The number of nitrogens with zero attached hydrogens (tertiary/aromatic N) is 3. The van der Waals surface area contributed by atoms with Gasteiger partial charge in [0.2, 0.25) is 5.82 Å². The van der Waals surface area contributed by atoms with E-state index in [1.807, 2.05) is 25.1 Å². The molecule has 0 aliphatic carbocycles. The molecule has 0 saturated heterocycles. The molecule has 2 aromatic heterocycles. The van der Waals surface area contributed by atoms with Crippen molar-refractivity contribution in [1.82, 2.24) is 9.66 Å². The van der Waals surface area contributed by atoms with Crippen molar-refractivity contribution < 1.29 is 13.9 Å². The Kier molecular flexibility index (Phi) is 6.48. The predicted molar refractivity (Wildman–Crippen MR) is 146 cm³/mol. The fourth-order valence-corrected chi connectivity index (χ4v) is 4.79. The molecule has 5 aromatic rings. The van der Waals surface area contributed by atoms with Gasteiger partial charge in [-0.3, -0.25) is 4.79 Å². The minimum Gasteiger partial charge on any atom is -0.492 e. The minimum absolute atomic E-state index is 0.283. The third-order valence-electron chi connectivity index (χ3n) is 5.31. The number of benzene rings is 3. The van der Waals surface area contributed by atoms with Crippen molar-refractivity contribution in [2.75, 3.05) is 13.7 Å². The summed E-state index contributed by atoms with van der Waals surface area (Å²) in [5, 5.41) is 6.36. The van der Waals surface area contributed by atoms with Crippen molar-refractivity contribution in [3.8, 4) is 23.1 Å². The van der Waals surface area contributed by atoms with Gasteiger partial charge in [0, 0.05) is 10.4 Å². The van der Waals surface area contributed by atoms with Crippen molar-refractivity contribution in [1.29, 1.82) is 0 Å². The van der Waals surface area contributed by atoms with Crippen LogP contribution in [0.5, 0.6) is 11.5 Å². The Balaban J connectivity index is 1.69. The Morgan fingerprint density at radius 3 is 2.80 bits per heavy atom. The quantitative estimate of drug-likeness (QED) is 0.168. The summed E-state index contributed by atoms with van der Waals surface area (Å²) in [5.74, 6) is 1.93. The number of fused-ring (bicyclic) bond motifs is 2. The summed E-state index contributed by atoms with van der Waals surface area (Å²) < 4.78 is 19.3. The lowest BCUT2D eigenvalue weighted by Crippen LogP contribution is -2.20. The zero-order valence-corrected chi connectivity index (χ0v) is 21.7. The number of ether oxygens (including phenoxy) is 2.